The molecule has 0 saturated heterocycles. The van der Waals surface area contributed by atoms with Crippen molar-refractivity contribution in [3.63, 3.8) is 0 Å². The summed E-state index contributed by atoms with van der Waals surface area (Å²) in [6.45, 7) is 3.78. The molecule has 0 N–H and O–H groups in total. The molecule has 0 aliphatic heterocycles. The lowest BCUT2D eigenvalue weighted by molar-refractivity contribution is 0.351. The Labute approximate surface area is 44.0 Å². The second-order valence-corrected chi connectivity index (χ2v) is 1.34. The third-order valence-electron chi connectivity index (χ3n) is 0.786. The summed E-state index contributed by atoms with van der Waals surface area (Å²) < 4.78 is 0. The van der Waals surface area contributed by atoms with E-state index in [2.05, 4.69) is 0 Å². The second-order valence-electron chi connectivity index (χ2n) is 1.34. The average molecular weight is 97.1 g/mol. The fourth-order valence-corrected chi connectivity index (χ4v) is 0.204. The molecule has 39 valence electrons. The Balaban J connectivity index is 3.58. The molecule has 0 aromatic rings. The smallest absolute Gasteiger partial charge is 0.143 e. The first-order chi connectivity index (χ1) is 3.31. The zero-order valence-electron chi connectivity index (χ0n) is 4.64. The van der Waals surface area contributed by atoms with Crippen molar-refractivity contribution >= 4 is 0 Å². The van der Waals surface area contributed by atoms with Gasteiger partial charge in [0.25, 0.3) is 0 Å². The molecule has 1 nitrogen and oxygen atoms in total. The predicted octanol–water partition coefficient (Wildman–Crippen LogP) is 1.90. The van der Waals surface area contributed by atoms with E-state index in [1.54, 1.807) is 0 Å². The number of rotatable bonds is 1. The van der Waals surface area contributed by atoms with Gasteiger partial charge in [0.1, 0.15) is 6.26 Å². The van der Waals surface area contributed by atoms with Crippen LogP contribution in [0.2, 0.25) is 0 Å². The molecule has 0 saturated carbocycles. The Morgan fingerprint density at radius 3 is 2.29 bits per heavy atom. The highest BCUT2D eigenvalue weighted by Gasteiger charge is 1.72. The van der Waals surface area contributed by atoms with Gasteiger partial charge in [-0.15, -0.1) is 0 Å². The molecule has 0 amide bonds. The first kappa shape index (κ1) is 6.28. The summed E-state index contributed by atoms with van der Waals surface area (Å²) in [7, 11) is 0. The summed E-state index contributed by atoms with van der Waals surface area (Å²) in [5.74, 6) is 0. The van der Waals surface area contributed by atoms with E-state index in [4.69, 9.17) is 0 Å². The molecule has 7 heavy (non-hydrogen) atoms. The van der Waals surface area contributed by atoms with Crippen LogP contribution in [0, 0.1) is 0 Å². The van der Waals surface area contributed by atoms with E-state index in [0.29, 0.717) is 0 Å². The topological polar surface area (TPSA) is 19.9 Å². The number of hydrogen-bond donors (Lipinski definition) is 0. The maximum atomic E-state index is 9.68. The maximum Gasteiger partial charge on any atom is 0.143 e. The Kier molecular flexibility index (Phi) is 3.11. The molecule has 0 atom stereocenters. The van der Waals surface area contributed by atoms with Crippen molar-refractivity contribution < 1.29 is 5.11 Å². The Morgan fingerprint density at radius 2 is 2.14 bits per heavy atom. The molecule has 0 aliphatic rings. The summed E-state index contributed by atoms with van der Waals surface area (Å²) in [6, 6.07) is 0. The van der Waals surface area contributed by atoms with E-state index < -0.39 is 0 Å². The highest BCUT2D eigenvalue weighted by atomic mass is 16.2. The minimum Gasteiger partial charge on any atom is -0.299 e. The third kappa shape index (κ3) is 3.10. The first-order valence-electron chi connectivity index (χ1n) is 2.22. The van der Waals surface area contributed by atoms with Gasteiger partial charge >= 0.3 is 0 Å². The summed E-state index contributed by atoms with van der Waals surface area (Å²) in [6.07, 6.45) is 4.20. The van der Waals surface area contributed by atoms with E-state index in [0.717, 1.165) is 11.8 Å². The van der Waals surface area contributed by atoms with Crippen molar-refractivity contribution in [3.05, 3.63) is 24.0 Å². The van der Waals surface area contributed by atoms with Crippen LogP contribution in [0.4, 0.5) is 0 Å². The zero-order chi connectivity index (χ0) is 5.70. The van der Waals surface area contributed by atoms with Crippen molar-refractivity contribution in [2.24, 2.45) is 0 Å². The van der Waals surface area contributed by atoms with E-state index in [1.165, 1.54) is 6.08 Å². The lowest BCUT2D eigenvalue weighted by Gasteiger charge is -1.79. The Morgan fingerprint density at radius 1 is 1.57 bits per heavy atom. The molecule has 0 aromatic heterocycles. The van der Waals surface area contributed by atoms with Crippen LogP contribution >= 0.6 is 0 Å². The molecule has 1 heteroatoms. The molecule has 0 aromatic carbocycles. The largest absolute Gasteiger partial charge is 0.299 e. The van der Waals surface area contributed by atoms with Crippen molar-refractivity contribution in [2.45, 2.75) is 13.8 Å². The Bertz CT molecular complexity index is 90.4. The summed E-state index contributed by atoms with van der Waals surface area (Å²) >= 11 is 0. The normalized spacial score (nSPS) is 13.1. The summed E-state index contributed by atoms with van der Waals surface area (Å²) in [5, 5.41) is 9.68. The van der Waals surface area contributed by atoms with Gasteiger partial charge in [0.2, 0.25) is 0 Å². The minimum absolute atomic E-state index is 0.787. The quantitative estimate of drug-likeness (QED) is 0.352. The predicted molar refractivity (Wildman–Crippen MR) is 29.3 cm³/mol. The summed E-state index contributed by atoms with van der Waals surface area (Å²) in [5.41, 5.74) is 1.01. The van der Waals surface area contributed by atoms with E-state index >= 15 is 0 Å². The monoisotopic (exact) mass is 97.1 g/mol. The third-order valence-corrected chi connectivity index (χ3v) is 0.786. The molecule has 0 fully saturated rings. The van der Waals surface area contributed by atoms with Gasteiger partial charge in [-0.3, -0.25) is 5.11 Å². The van der Waals surface area contributed by atoms with E-state index in [-0.39, 0.29) is 0 Å². The van der Waals surface area contributed by atoms with Crippen LogP contribution in [-0.4, -0.2) is 0 Å². The minimum atomic E-state index is 0.787. The van der Waals surface area contributed by atoms with E-state index in [1.807, 2.05) is 19.9 Å². The molecule has 0 aliphatic carbocycles. The van der Waals surface area contributed by atoms with Gasteiger partial charge in [-0.05, 0) is 19.9 Å². The molecule has 0 unspecified atom stereocenters. The van der Waals surface area contributed by atoms with Gasteiger partial charge in [-0.2, -0.15) is 0 Å². The van der Waals surface area contributed by atoms with E-state index in [9.17, 15) is 5.11 Å². The zero-order valence-corrected chi connectivity index (χ0v) is 4.64. The lowest BCUT2D eigenvalue weighted by atomic mass is 10.3. The van der Waals surface area contributed by atoms with Gasteiger partial charge in [0.05, 0.1) is 0 Å². The van der Waals surface area contributed by atoms with Crippen LogP contribution in [0.5, 0.6) is 0 Å². The van der Waals surface area contributed by atoms with Crippen LogP contribution in [0.15, 0.2) is 24.0 Å². The van der Waals surface area contributed by atoms with Crippen LogP contribution in [-0.2, 0) is 5.11 Å². The van der Waals surface area contributed by atoms with Crippen molar-refractivity contribution in [1.82, 2.24) is 0 Å². The molecule has 0 heterocycles. The fraction of sp³-hybridized carbons (Fsp3) is 0.333. The van der Waals surface area contributed by atoms with Crippen LogP contribution < -0.4 is 0 Å². The first-order valence-corrected chi connectivity index (χ1v) is 2.22. The molecule has 1 radical (unpaired) electrons. The highest BCUT2D eigenvalue weighted by molar-refractivity contribution is 5.12. The average Bonchev–Trinajstić information content (AvgIpc) is 1.68. The highest BCUT2D eigenvalue weighted by Crippen LogP contribution is 1.90. The molecule has 0 spiro atoms. The van der Waals surface area contributed by atoms with Gasteiger partial charge in [-0.1, -0.05) is 11.6 Å². The van der Waals surface area contributed by atoms with Gasteiger partial charge in [0.15, 0.2) is 0 Å². The van der Waals surface area contributed by atoms with Gasteiger partial charge < -0.3 is 0 Å². The van der Waals surface area contributed by atoms with Crippen molar-refractivity contribution in [3.8, 4) is 0 Å². The second kappa shape index (κ2) is 3.47. The molecular weight excluding hydrogens is 88.1 g/mol. The number of hydrogen-bond acceptors (Lipinski definition) is 0. The fourth-order valence-electron chi connectivity index (χ4n) is 0.204. The van der Waals surface area contributed by atoms with Crippen molar-refractivity contribution in [2.75, 3.05) is 0 Å². The molecule has 0 rings (SSSR count). The van der Waals surface area contributed by atoms with Crippen molar-refractivity contribution in [1.29, 1.82) is 0 Å². The lowest BCUT2D eigenvalue weighted by Crippen LogP contribution is -1.60. The molecule has 0 bridgehead atoms. The molecular formula is C6H9O. The Hall–Kier alpha value is -0.720. The van der Waals surface area contributed by atoms with Crippen LogP contribution in [0.3, 0.4) is 0 Å². The maximum absolute atomic E-state index is 9.68. The van der Waals surface area contributed by atoms with Gasteiger partial charge in [-0.25, -0.2) is 0 Å². The number of allylic oxidation sites excluding steroid dienone is 3. The van der Waals surface area contributed by atoms with Gasteiger partial charge in [0, 0.05) is 0 Å². The summed E-state index contributed by atoms with van der Waals surface area (Å²) in [4.78, 5) is 0. The SMILES string of the molecule is CC=C(C)C=C[O]. The standard InChI is InChI=1S/C6H9O/c1-3-6(2)4-5-7/h3-5H,1-2H3. The van der Waals surface area contributed by atoms with Crippen LogP contribution in [0.1, 0.15) is 13.8 Å². The van der Waals surface area contributed by atoms with Crippen LogP contribution in [0.25, 0.3) is 0 Å².